The molecule has 1 saturated carbocycles. The fourth-order valence-corrected chi connectivity index (χ4v) is 8.41. The lowest BCUT2D eigenvalue weighted by atomic mass is 9.99. The van der Waals surface area contributed by atoms with Crippen LogP contribution in [-0.4, -0.2) is 98.3 Å². The number of nitrogens with one attached hydrogen (secondary N) is 1. The average molecular weight is 684 g/mol. The number of imidazole rings is 1. The number of aryl methyl sites for hydroxylation is 1. The summed E-state index contributed by atoms with van der Waals surface area (Å²) in [6.07, 6.45) is -2.61. The van der Waals surface area contributed by atoms with E-state index in [-0.39, 0.29) is 29.2 Å². The molecule has 2 unspecified atom stereocenters. The van der Waals surface area contributed by atoms with Gasteiger partial charge in [-0.05, 0) is 19.4 Å². The number of aromatic amines is 1. The molecule has 0 spiro atoms. The summed E-state index contributed by atoms with van der Waals surface area (Å²) in [5.74, 6) is -1.55. The number of nitrogens with two attached hydrogens (primary N) is 1. The van der Waals surface area contributed by atoms with E-state index in [2.05, 4.69) is 24.9 Å². The molecular weight excluding hydrogens is 654 g/mol. The van der Waals surface area contributed by atoms with E-state index in [1.165, 1.54) is 17.2 Å². The SMILES string of the molecule is Cc1nc2c(ncn2[C@@H]2O[C@@H]3COP(=O)(O)O[C@@H]4[C@@H](COP(=O)(O)O[C@@H]2[C@@H]3CO)C[C@@H](n2ccc3c(N)ncnc32)[C@@H]4O)c(=O)[nH]1. The van der Waals surface area contributed by atoms with Crippen LogP contribution < -0.4 is 11.3 Å². The first-order valence-electron chi connectivity index (χ1n) is 14.1. The highest BCUT2D eigenvalue weighted by Crippen LogP contribution is 2.56. The summed E-state index contributed by atoms with van der Waals surface area (Å²) in [7, 11) is -9.89. The fourth-order valence-electron chi connectivity index (χ4n) is 6.40. The van der Waals surface area contributed by atoms with Crippen LogP contribution in [0.1, 0.15) is 24.5 Å². The zero-order valence-electron chi connectivity index (χ0n) is 24.0. The molecule has 3 fully saturated rings. The number of ether oxygens (including phenoxy) is 1. The van der Waals surface area contributed by atoms with Crippen molar-refractivity contribution in [2.45, 2.75) is 50.0 Å². The second-order valence-electron chi connectivity index (χ2n) is 11.3. The van der Waals surface area contributed by atoms with Gasteiger partial charge >= 0.3 is 15.6 Å². The van der Waals surface area contributed by atoms with Crippen LogP contribution in [0.25, 0.3) is 22.2 Å². The molecule has 2 aliphatic heterocycles. The summed E-state index contributed by atoms with van der Waals surface area (Å²) < 4.78 is 57.3. The van der Waals surface area contributed by atoms with Gasteiger partial charge in [0.2, 0.25) is 0 Å². The first-order valence-corrected chi connectivity index (χ1v) is 17.1. The molecule has 3 aliphatic rings. The molecular formula is C24H30N8O12P2. The lowest BCUT2D eigenvalue weighted by Gasteiger charge is -2.27. The first kappa shape index (κ1) is 31.5. The van der Waals surface area contributed by atoms with Gasteiger partial charge in [0, 0.05) is 18.0 Å². The molecule has 2 saturated heterocycles. The maximum absolute atomic E-state index is 13.4. The minimum Gasteiger partial charge on any atom is -0.396 e. The minimum atomic E-state index is -4.96. The Morgan fingerprint density at radius 2 is 1.80 bits per heavy atom. The van der Waals surface area contributed by atoms with Crippen molar-refractivity contribution < 1.29 is 52.0 Å². The van der Waals surface area contributed by atoms with Crippen LogP contribution in [0.15, 0.2) is 29.7 Å². The normalized spacial score (nSPS) is 37.2. The third kappa shape index (κ3) is 5.48. The van der Waals surface area contributed by atoms with Crippen LogP contribution in [0.5, 0.6) is 0 Å². The zero-order chi connectivity index (χ0) is 32.5. The van der Waals surface area contributed by atoms with Crippen molar-refractivity contribution in [3.8, 4) is 0 Å². The van der Waals surface area contributed by atoms with Crippen LogP contribution >= 0.6 is 15.6 Å². The number of aliphatic hydroxyl groups excluding tert-OH is 2. The van der Waals surface area contributed by atoms with Gasteiger partial charge in [-0.25, -0.2) is 29.1 Å². The molecule has 7 N–H and O–H groups in total. The lowest BCUT2D eigenvalue weighted by molar-refractivity contribution is -0.0603. The molecule has 0 radical (unpaired) electrons. The van der Waals surface area contributed by atoms with Crippen LogP contribution in [0, 0.1) is 18.8 Å². The summed E-state index contributed by atoms with van der Waals surface area (Å²) in [4.78, 5) is 53.2. The van der Waals surface area contributed by atoms with Crippen molar-refractivity contribution in [2.24, 2.45) is 11.8 Å². The van der Waals surface area contributed by atoms with Gasteiger partial charge in [0.1, 0.15) is 41.9 Å². The third-order valence-corrected chi connectivity index (χ3v) is 10.5. The van der Waals surface area contributed by atoms with E-state index in [4.69, 9.17) is 28.6 Å². The van der Waals surface area contributed by atoms with Crippen molar-refractivity contribution in [1.29, 1.82) is 0 Å². The van der Waals surface area contributed by atoms with Gasteiger partial charge in [-0.2, -0.15) is 0 Å². The Bertz CT molecular complexity index is 1950. The molecule has 2 bridgehead atoms. The molecule has 22 heteroatoms. The van der Waals surface area contributed by atoms with E-state index in [1.807, 2.05) is 0 Å². The molecule has 248 valence electrons. The number of anilines is 1. The van der Waals surface area contributed by atoms with Crippen molar-refractivity contribution in [3.05, 3.63) is 41.1 Å². The van der Waals surface area contributed by atoms with Crippen LogP contribution in [0.2, 0.25) is 0 Å². The quantitative estimate of drug-likeness (QED) is 0.154. The standard InChI is InChI=1S/C24H30N8O12P2/c1-10-29-22-16(23(35)30-10)28-9-32(22)24-19-13(5-33)15(42-24)7-41-46(38,39)43-18-11(6-40-45(36,37)44-19)4-14(17(18)34)31-3-2-12-20(25)26-8-27-21(12)31/h2-3,8-9,11,13-15,17-19,24,33-34H,4-7H2,1H3,(H,36,37)(H,38,39)(H2,25,26,27)(H,29,30,35)/t11-,13-,14-,15-,17+,18-,19-,24-/m1/s1. The second-order valence-corrected chi connectivity index (χ2v) is 14.1. The number of hydrogen-bond donors (Lipinski definition) is 6. The Hall–Kier alpha value is -3.13. The fraction of sp³-hybridized carbons (Fsp3) is 0.542. The molecule has 0 aromatic carbocycles. The summed E-state index contributed by atoms with van der Waals surface area (Å²) in [5.41, 5.74) is 5.81. The number of phosphoric acid groups is 2. The number of nitrogens with zero attached hydrogens (tertiary/aromatic N) is 6. The topological polar surface area (TPSA) is 282 Å². The monoisotopic (exact) mass is 684 g/mol. The van der Waals surface area contributed by atoms with Crippen molar-refractivity contribution >= 4 is 43.7 Å². The Balaban J connectivity index is 1.22. The lowest BCUT2D eigenvalue weighted by Crippen LogP contribution is -2.33. The van der Waals surface area contributed by atoms with Crippen molar-refractivity contribution in [2.75, 3.05) is 25.6 Å². The van der Waals surface area contributed by atoms with E-state index in [0.717, 1.165) is 0 Å². The molecule has 1 aliphatic carbocycles. The van der Waals surface area contributed by atoms with Crippen LogP contribution in [0.3, 0.4) is 0 Å². The number of nitrogen functional groups attached to an aromatic ring is 1. The van der Waals surface area contributed by atoms with E-state index in [1.54, 1.807) is 23.8 Å². The molecule has 4 aromatic rings. The van der Waals surface area contributed by atoms with Gasteiger partial charge in [-0.1, -0.05) is 0 Å². The second kappa shape index (κ2) is 11.5. The molecule has 6 heterocycles. The summed E-state index contributed by atoms with van der Waals surface area (Å²) in [6, 6.07) is 0.868. The molecule has 10 atom stereocenters. The number of fused-ring (bicyclic) bond motifs is 5. The Kier molecular flexibility index (Phi) is 7.89. The maximum Gasteiger partial charge on any atom is 0.472 e. The van der Waals surface area contributed by atoms with Gasteiger partial charge in [-0.3, -0.25) is 27.5 Å². The summed E-state index contributed by atoms with van der Waals surface area (Å²) in [6.45, 7) is -0.323. The van der Waals surface area contributed by atoms with Crippen molar-refractivity contribution in [3.63, 3.8) is 0 Å². The molecule has 20 nitrogen and oxygen atoms in total. The minimum absolute atomic E-state index is 0.0516. The third-order valence-electron chi connectivity index (χ3n) is 8.53. The highest BCUT2D eigenvalue weighted by atomic mass is 31.2. The highest BCUT2D eigenvalue weighted by molar-refractivity contribution is 7.47. The number of H-pyrrole nitrogens is 1. The van der Waals surface area contributed by atoms with Crippen LogP contribution in [0.4, 0.5) is 5.82 Å². The van der Waals surface area contributed by atoms with Crippen LogP contribution in [-0.2, 0) is 32.0 Å². The maximum atomic E-state index is 13.4. The molecule has 4 aromatic heterocycles. The first-order chi connectivity index (χ1) is 21.9. The van der Waals surface area contributed by atoms with E-state index in [0.29, 0.717) is 11.0 Å². The zero-order valence-corrected chi connectivity index (χ0v) is 25.8. The highest BCUT2D eigenvalue weighted by Gasteiger charge is 2.53. The Labute approximate surface area is 258 Å². The number of aromatic nitrogens is 7. The number of hydrogen-bond acceptors (Lipinski definition) is 15. The van der Waals surface area contributed by atoms with Gasteiger partial charge in [0.25, 0.3) is 5.56 Å². The average Bonchev–Trinajstić information content (AvgIpc) is 3.75. The number of phosphoric ester groups is 2. The van der Waals surface area contributed by atoms with Gasteiger partial charge in [-0.15, -0.1) is 0 Å². The smallest absolute Gasteiger partial charge is 0.396 e. The Morgan fingerprint density at radius 1 is 1.07 bits per heavy atom. The summed E-state index contributed by atoms with van der Waals surface area (Å²) in [5, 5.41) is 22.1. The van der Waals surface area contributed by atoms with Gasteiger partial charge < -0.3 is 40.0 Å². The van der Waals surface area contributed by atoms with E-state index < -0.39 is 89.5 Å². The Morgan fingerprint density at radius 3 is 2.57 bits per heavy atom. The van der Waals surface area contributed by atoms with Crippen molar-refractivity contribution in [1.82, 2.24) is 34.1 Å². The molecule has 46 heavy (non-hydrogen) atoms. The summed E-state index contributed by atoms with van der Waals surface area (Å²) >= 11 is 0. The predicted molar refractivity (Wildman–Crippen MR) is 154 cm³/mol. The number of rotatable bonds is 3. The molecule has 0 amide bonds. The van der Waals surface area contributed by atoms with E-state index in [9.17, 15) is 33.9 Å². The number of aliphatic hydroxyl groups is 2. The largest absolute Gasteiger partial charge is 0.472 e. The van der Waals surface area contributed by atoms with Gasteiger partial charge in [0.15, 0.2) is 17.4 Å². The predicted octanol–water partition coefficient (Wildman–Crippen LogP) is -0.0991. The van der Waals surface area contributed by atoms with E-state index >= 15 is 0 Å². The molecule has 7 rings (SSSR count). The van der Waals surface area contributed by atoms with Gasteiger partial charge in [0.05, 0.1) is 43.7 Å².